The van der Waals surface area contributed by atoms with E-state index in [0.717, 1.165) is 15.8 Å². The summed E-state index contributed by atoms with van der Waals surface area (Å²) in [6.45, 7) is 4.08. The second-order valence-electron chi connectivity index (χ2n) is 5.79. The summed E-state index contributed by atoms with van der Waals surface area (Å²) in [5.74, 6) is 0.673. The Labute approximate surface area is 155 Å². The van der Waals surface area contributed by atoms with Crippen molar-refractivity contribution in [1.29, 1.82) is 0 Å². The molecule has 26 heavy (non-hydrogen) atoms. The fourth-order valence-electron chi connectivity index (χ4n) is 2.38. The van der Waals surface area contributed by atoms with Crippen molar-refractivity contribution in [2.45, 2.75) is 20.5 Å². The molecule has 7 heteroatoms. The van der Waals surface area contributed by atoms with E-state index in [1.807, 2.05) is 49.4 Å². The number of aromatic amines is 1. The number of aryl methyl sites for hydroxylation is 2. The summed E-state index contributed by atoms with van der Waals surface area (Å²) in [5.41, 5.74) is 2.95. The molecule has 0 aliphatic carbocycles. The highest BCUT2D eigenvalue weighted by Crippen LogP contribution is 2.18. The summed E-state index contributed by atoms with van der Waals surface area (Å²) < 4.78 is 7.17. The predicted molar refractivity (Wildman–Crippen MR) is 103 cm³/mol. The van der Waals surface area contributed by atoms with Gasteiger partial charge in [0.15, 0.2) is 0 Å². The fourth-order valence-corrected chi connectivity index (χ4v) is 2.55. The molecule has 132 valence electrons. The zero-order valence-electron chi connectivity index (χ0n) is 14.5. The lowest BCUT2D eigenvalue weighted by molar-refractivity contribution is 0.305. The van der Waals surface area contributed by atoms with Crippen LogP contribution in [0.1, 0.15) is 22.4 Å². The van der Waals surface area contributed by atoms with Gasteiger partial charge in [0.25, 0.3) is 5.56 Å². The van der Waals surface area contributed by atoms with Crippen LogP contribution in [0.5, 0.6) is 5.75 Å². The van der Waals surface area contributed by atoms with E-state index in [2.05, 4.69) is 21.4 Å². The van der Waals surface area contributed by atoms with E-state index >= 15 is 0 Å². The van der Waals surface area contributed by atoms with Gasteiger partial charge in [-0.05, 0) is 43.8 Å². The monoisotopic (exact) mass is 366 g/mol. The molecule has 0 amide bonds. The minimum Gasteiger partial charge on any atom is -0.488 e. The maximum Gasteiger partial charge on any atom is 0.296 e. The SMILES string of the molecule is Cc1cccc(COc2ccccc2/C=N/n2c(=S)[nH]nc(C)c2=O)c1. The molecule has 3 rings (SSSR count). The summed E-state index contributed by atoms with van der Waals surface area (Å²) in [6.07, 6.45) is 1.55. The van der Waals surface area contributed by atoms with Crippen LogP contribution < -0.4 is 10.3 Å². The Bertz CT molecular complexity index is 1070. The normalized spacial score (nSPS) is 11.0. The number of ether oxygens (including phenoxy) is 1. The zero-order chi connectivity index (χ0) is 18.5. The van der Waals surface area contributed by atoms with E-state index in [9.17, 15) is 4.79 Å². The number of H-pyrrole nitrogens is 1. The van der Waals surface area contributed by atoms with E-state index in [4.69, 9.17) is 17.0 Å². The first-order valence-electron chi connectivity index (χ1n) is 8.04. The molecule has 0 fully saturated rings. The lowest BCUT2D eigenvalue weighted by Gasteiger charge is -2.09. The number of para-hydroxylation sites is 1. The number of nitrogens with one attached hydrogen (secondary N) is 1. The third-order valence-corrected chi connectivity index (χ3v) is 3.99. The molecule has 0 radical (unpaired) electrons. The van der Waals surface area contributed by atoms with Crippen molar-refractivity contribution in [3.8, 4) is 5.75 Å². The number of rotatable bonds is 5. The number of hydrogen-bond donors (Lipinski definition) is 1. The van der Waals surface area contributed by atoms with Crippen molar-refractivity contribution in [2.75, 3.05) is 0 Å². The van der Waals surface area contributed by atoms with Gasteiger partial charge in [0.05, 0.1) is 6.21 Å². The molecular formula is C19H18N4O2S. The number of hydrogen-bond acceptors (Lipinski definition) is 5. The number of aromatic nitrogens is 3. The maximum absolute atomic E-state index is 12.1. The molecule has 0 atom stereocenters. The van der Waals surface area contributed by atoms with Crippen molar-refractivity contribution in [3.63, 3.8) is 0 Å². The van der Waals surface area contributed by atoms with Crippen LogP contribution >= 0.6 is 12.2 Å². The highest BCUT2D eigenvalue weighted by Gasteiger charge is 2.04. The van der Waals surface area contributed by atoms with Crippen LogP contribution in [0, 0.1) is 18.6 Å². The molecule has 1 heterocycles. The van der Waals surface area contributed by atoms with E-state index in [0.29, 0.717) is 18.1 Å². The van der Waals surface area contributed by atoms with E-state index < -0.39 is 0 Å². The van der Waals surface area contributed by atoms with Crippen LogP contribution in [-0.4, -0.2) is 21.1 Å². The summed E-state index contributed by atoms with van der Waals surface area (Å²) in [4.78, 5) is 12.1. The average Bonchev–Trinajstić information content (AvgIpc) is 2.64. The highest BCUT2D eigenvalue weighted by atomic mass is 32.1. The van der Waals surface area contributed by atoms with Gasteiger partial charge in [-0.15, -0.1) is 0 Å². The molecule has 0 bridgehead atoms. The van der Waals surface area contributed by atoms with Crippen LogP contribution in [0.2, 0.25) is 0 Å². The second kappa shape index (κ2) is 7.88. The zero-order valence-corrected chi connectivity index (χ0v) is 15.3. The van der Waals surface area contributed by atoms with E-state index in [-0.39, 0.29) is 10.3 Å². The molecule has 0 saturated heterocycles. The fraction of sp³-hybridized carbons (Fsp3) is 0.158. The van der Waals surface area contributed by atoms with Crippen LogP contribution in [0.15, 0.2) is 58.4 Å². The molecular weight excluding hydrogens is 348 g/mol. The Morgan fingerprint density at radius 2 is 2.04 bits per heavy atom. The first-order valence-corrected chi connectivity index (χ1v) is 8.45. The Morgan fingerprint density at radius 1 is 1.23 bits per heavy atom. The van der Waals surface area contributed by atoms with Crippen LogP contribution in [0.25, 0.3) is 0 Å². The Morgan fingerprint density at radius 3 is 2.85 bits per heavy atom. The summed E-state index contributed by atoms with van der Waals surface area (Å²) in [7, 11) is 0. The lowest BCUT2D eigenvalue weighted by atomic mass is 10.1. The summed E-state index contributed by atoms with van der Waals surface area (Å²) in [5, 5.41) is 10.6. The number of nitrogens with zero attached hydrogens (tertiary/aromatic N) is 3. The van der Waals surface area contributed by atoms with Gasteiger partial charge in [0.1, 0.15) is 18.1 Å². The lowest BCUT2D eigenvalue weighted by Crippen LogP contribution is -2.22. The van der Waals surface area contributed by atoms with Crippen LogP contribution in [-0.2, 0) is 6.61 Å². The minimum absolute atomic E-state index is 0.134. The minimum atomic E-state index is -0.358. The molecule has 1 aromatic heterocycles. The largest absolute Gasteiger partial charge is 0.488 e. The van der Waals surface area contributed by atoms with E-state index in [1.54, 1.807) is 13.1 Å². The van der Waals surface area contributed by atoms with Gasteiger partial charge in [-0.3, -0.25) is 9.89 Å². The van der Waals surface area contributed by atoms with Gasteiger partial charge in [-0.2, -0.15) is 14.9 Å². The Hall–Kier alpha value is -3.06. The topological polar surface area (TPSA) is 72.3 Å². The molecule has 6 nitrogen and oxygen atoms in total. The van der Waals surface area contributed by atoms with Gasteiger partial charge in [0, 0.05) is 5.56 Å². The third kappa shape index (κ3) is 4.12. The van der Waals surface area contributed by atoms with Crippen molar-refractivity contribution < 1.29 is 4.74 Å². The van der Waals surface area contributed by atoms with Crippen molar-refractivity contribution in [3.05, 3.63) is 86.0 Å². The van der Waals surface area contributed by atoms with Crippen molar-refractivity contribution >= 4 is 18.4 Å². The molecule has 0 spiro atoms. The van der Waals surface area contributed by atoms with Gasteiger partial charge in [-0.1, -0.05) is 42.0 Å². The van der Waals surface area contributed by atoms with Crippen LogP contribution in [0.3, 0.4) is 0 Å². The summed E-state index contributed by atoms with van der Waals surface area (Å²) >= 11 is 5.07. The molecule has 0 aliphatic rings. The molecule has 3 aromatic rings. The highest BCUT2D eigenvalue weighted by molar-refractivity contribution is 7.71. The van der Waals surface area contributed by atoms with Gasteiger partial charge in [-0.25, -0.2) is 0 Å². The molecule has 2 aromatic carbocycles. The number of benzene rings is 2. The van der Waals surface area contributed by atoms with Gasteiger partial charge < -0.3 is 4.74 Å². The maximum atomic E-state index is 12.1. The first-order chi connectivity index (χ1) is 12.5. The standard InChI is InChI=1S/C19H18N4O2S/c1-13-6-5-7-15(10-13)12-25-17-9-4-3-8-16(17)11-20-23-18(24)14(2)21-22-19(23)26/h3-11H,12H2,1-2H3,(H,22,26)/b20-11+. The summed E-state index contributed by atoms with van der Waals surface area (Å²) in [6, 6.07) is 15.6. The van der Waals surface area contributed by atoms with Crippen LogP contribution in [0.4, 0.5) is 0 Å². The van der Waals surface area contributed by atoms with E-state index in [1.165, 1.54) is 5.56 Å². The van der Waals surface area contributed by atoms with Gasteiger partial charge >= 0.3 is 0 Å². The molecule has 0 aliphatic heterocycles. The van der Waals surface area contributed by atoms with Crippen molar-refractivity contribution in [2.24, 2.45) is 5.10 Å². The molecule has 1 N–H and O–H groups in total. The third-order valence-electron chi connectivity index (χ3n) is 3.72. The smallest absolute Gasteiger partial charge is 0.296 e. The van der Waals surface area contributed by atoms with Crippen molar-refractivity contribution in [1.82, 2.24) is 14.9 Å². The molecule has 0 saturated carbocycles. The first kappa shape index (κ1) is 17.8. The molecule has 0 unspecified atom stereocenters. The average molecular weight is 366 g/mol. The quantitative estimate of drug-likeness (QED) is 0.555. The Kier molecular flexibility index (Phi) is 5.38. The Balaban J connectivity index is 1.85. The predicted octanol–water partition coefficient (Wildman–Crippen LogP) is 3.38. The van der Waals surface area contributed by atoms with Gasteiger partial charge in [0.2, 0.25) is 4.77 Å². The second-order valence-corrected chi connectivity index (χ2v) is 6.18.